The van der Waals surface area contributed by atoms with Crippen molar-refractivity contribution >= 4 is 85.4 Å². The predicted molar refractivity (Wildman–Crippen MR) is 289 cm³/mol. The summed E-state index contributed by atoms with van der Waals surface area (Å²) in [7, 11) is 1.46. The predicted octanol–water partition coefficient (Wildman–Crippen LogP) is 19.0. The smallest absolute Gasteiger partial charge is 0.339 e. The Labute approximate surface area is 418 Å². The van der Waals surface area contributed by atoms with E-state index in [1.54, 1.807) is 56.7 Å². The van der Waals surface area contributed by atoms with Crippen molar-refractivity contribution in [1.82, 2.24) is 8.75 Å². The minimum Gasteiger partial charge on any atom is -0.489 e. The molecular weight excluding hydrogens is 933 g/mol. The van der Waals surface area contributed by atoms with Crippen LogP contribution in [-0.4, -0.2) is 35.0 Å². The second-order valence-corrected chi connectivity index (χ2v) is 23.8. The van der Waals surface area contributed by atoms with E-state index < -0.39 is 0 Å². The molecule has 0 saturated carbocycles. The summed E-state index contributed by atoms with van der Waals surface area (Å²) >= 11 is 9.96. The van der Waals surface area contributed by atoms with Crippen LogP contribution in [0.25, 0.3) is 60.5 Å². The third-order valence-electron chi connectivity index (χ3n) is 12.7. The molecule has 6 aromatic heterocycles. The molecule has 0 saturated heterocycles. The number of hydrogen-bond acceptors (Lipinski definition) is 12. The van der Waals surface area contributed by atoms with E-state index in [0.29, 0.717) is 30.6 Å². The molecule has 0 fully saturated rings. The molecule has 0 N–H and O–H groups in total. The maximum absolute atomic E-state index is 13.2. The normalized spacial score (nSPS) is 12.6. The van der Waals surface area contributed by atoms with Crippen molar-refractivity contribution in [3.05, 3.63) is 70.6 Å². The van der Waals surface area contributed by atoms with E-state index in [2.05, 4.69) is 90.1 Å². The summed E-state index contributed by atoms with van der Waals surface area (Å²) in [6.07, 6.45) is 19.9. The Kier molecular flexibility index (Phi) is 19.3. The van der Waals surface area contributed by atoms with Crippen LogP contribution in [0.4, 0.5) is 0 Å². The lowest BCUT2D eigenvalue weighted by Crippen LogP contribution is -2.16. The molecule has 0 bridgehead atoms. The van der Waals surface area contributed by atoms with E-state index in [-0.39, 0.29) is 5.97 Å². The fraction of sp³-hybridized carbons (Fsp3) is 0.500. The first kappa shape index (κ1) is 50.5. The first-order valence-corrected chi connectivity index (χ1v) is 29.2. The Morgan fingerprint density at radius 2 is 1.06 bits per heavy atom. The topological polar surface area (TPSA) is 70.5 Å². The van der Waals surface area contributed by atoms with Crippen LogP contribution in [0.1, 0.15) is 151 Å². The van der Waals surface area contributed by atoms with Gasteiger partial charge in [0.05, 0.1) is 48.1 Å². The SMILES string of the molecule is CCCCCCCCC(CCCCCC)COc1c(OCC(CC)CCCC)c(-c2ccc(-c3ccc(-c4cc(C(=O)OC)c(-c5ccc(-c6ccc(C)s6)s5)s4)s3)s2)c2nsnc2c1C. The van der Waals surface area contributed by atoms with Crippen LogP contribution in [0, 0.1) is 25.7 Å². The van der Waals surface area contributed by atoms with E-state index >= 15 is 0 Å². The Morgan fingerprint density at radius 1 is 0.545 bits per heavy atom. The van der Waals surface area contributed by atoms with Gasteiger partial charge in [-0.15, -0.1) is 56.7 Å². The highest BCUT2D eigenvalue weighted by Crippen LogP contribution is 2.51. The lowest BCUT2D eigenvalue weighted by molar-refractivity contribution is 0.0602. The molecule has 2 atom stereocenters. The summed E-state index contributed by atoms with van der Waals surface area (Å²) in [5.41, 5.74) is 4.41. The van der Waals surface area contributed by atoms with E-state index in [4.69, 9.17) is 23.0 Å². The number of thiophene rings is 5. The van der Waals surface area contributed by atoms with Gasteiger partial charge in [-0.2, -0.15) is 8.75 Å². The standard InChI is InChI=1S/C54H68N2O4S6/c1-8-12-15-17-18-20-23-38(22-19-16-13-9-2)34-59-51-36(6)49-50(56-66-55-49)48(52(51)60-33-37(11-4)21-14-10-3)45-30-28-43(63-45)42-26-27-44(62-42)47-32-39(54(57)58-7)53(65-47)46-31-29-41(64-46)40-25-24-35(5)61-40/h24-32,37-38H,8-23,33-34H2,1-7H3. The van der Waals surface area contributed by atoms with Gasteiger partial charge in [0.1, 0.15) is 11.0 Å². The second kappa shape index (κ2) is 25.3. The van der Waals surface area contributed by atoms with E-state index in [1.807, 2.05) is 6.07 Å². The number of aromatic nitrogens is 2. The van der Waals surface area contributed by atoms with Gasteiger partial charge in [0.15, 0.2) is 11.5 Å². The molecular formula is C54H68N2O4S6. The number of carbonyl (C=O) groups excluding carboxylic acids is 1. The molecule has 2 unspecified atom stereocenters. The van der Waals surface area contributed by atoms with Crippen molar-refractivity contribution in [3.8, 4) is 61.0 Å². The first-order valence-electron chi connectivity index (χ1n) is 24.4. The number of ether oxygens (including phenoxy) is 3. The number of nitrogens with zero attached hydrogens (tertiary/aromatic N) is 2. The minimum absolute atomic E-state index is 0.313. The number of carbonyl (C=O) groups is 1. The van der Waals surface area contributed by atoms with Crippen LogP contribution in [0.3, 0.4) is 0 Å². The van der Waals surface area contributed by atoms with Crippen molar-refractivity contribution < 1.29 is 19.0 Å². The Hall–Kier alpha value is -3.39. The number of aryl methyl sites for hydroxylation is 2. The van der Waals surface area contributed by atoms with Gasteiger partial charge >= 0.3 is 5.97 Å². The van der Waals surface area contributed by atoms with Gasteiger partial charge in [-0.05, 0) is 99.5 Å². The molecule has 354 valence electrons. The number of hydrogen-bond donors (Lipinski definition) is 0. The fourth-order valence-corrected chi connectivity index (χ4v) is 14.7. The Bertz CT molecular complexity index is 2590. The van der Waals surface area contributed by atoms with E-state index in [9.17, 15) is 4.79 Å². The zero-order valence-corrected chi connectivity index (χ0v) is 45.0. The number of rotatable bonds is 28. The van der Waals surface area contributed by atoms with E-state index in [1.165, 1.54) is 133 Å². The molecule has 7 rings (SSSR count). The van der Waals surface area contributed by atoms with Crippen LogP contribution in [0.2, 0.25) is 0 Å². The molecule has 1 aromatic carbocycles. The molecule has 66 heavy (non-hydrogen) atoms. The van der Waals surface area contributed by atoms with Crippen LogP contribution < -0.4 is 9.47 Å². The average Bonchev–Trinajstić information content (AvgIpc) is 4.19. The fourth-order valence-electron chi connectivity index (χ4n) is 8.65. The van der Waals surface area contributed by atoms with Crippen LogP contribution >= 0.6 is 68.4 Å². The molecule has 7 aromatic rings. The summed E-state index contributed by atoms with van der Waals surface area (Å²) in [6.45, 7) is 14.7. The zero-order chi connectivity index (χ0) is 46.4. The molecule has 6 heterocycles. The molecule has 0 aliphatic carbocycles. The van der Waals surface area contributed by atoms with Gasteiger partial charge < -0.3 is 14.2 Å². The van der Waals surface area contributed by atoms with Gasteiger partial charge in [-0.3, -0.25) is 0 Å². The third kappa shape index (κ3) is 12.6. The van der Waals surface area contributed by atoms with Gasteiger partial charge in [0.2, 0.25) is 0 Å². The quantitative estimate of drug-likeness (QED) is 0.0360. The van der Waals surface area contributed by atoms with Crippen molar-refractivity contribution in [2.75, 3.05) is 20.3 Å². The average molecular weight is 1000 g/mol. The largest absolute Gasteiger partial charge is 0.489 e. The summed E-state index contributed by atoms with van der Waals surface area (Å²) < 4.78 is 29.3. The highest BCUT2D eigenvalue weighted by atomic mass is 32.1. The highest BCUT2D eigenvalue weighted by Gasteiger charge is 2.28. The Balaban J connectivity index is 1.20. The maximum atomic E-state index is 13.2. The number of fused-ring (bicyclic) bond motifs is 1. The van der Waals surface area contributed by atoms with Crippen molar-refractivity contribution in [3.63, 3.8) is 0 Å². The number of unbranched alkanes of at least 4 members (excludes halogenated alkanes) is 9. The molecule has 0 aliphatic heterocycles. The third-order valence-corrected chi connectivity index (χ3v) is 19.4. The summed E-state index contributed by atoms with van der Waals surface area (Å²) in [4.78, 5) is 24.6. The molecule has 0 spiro atoms. The summed E-state index contributed by atoms with van der Waals surface area (Å²) in [5, 5.41) is 0. The van der Waals surface area contributed by atoms with Gasteiger partial charge in [-0.25, -0.2) is 4.79 Å². The summed E-state index contributed by atoms with van der Waals surface area (Å²) in [5.74, 6) is 2.31. The lowest BCUT2D eigenvalue weighted by atomic mass is 9.95. The molecule has 0 aliphatic rings. The molecule has 6 nitrogen and oxygen atoms in total. The maximum Gasteiger partial charge on any atom is 0.339 e. The lowest BCUT2D eigenvalue weighted by Gasteiger charge is -2.24. The van der Waals surface area contributed by atoms with Crippen LogP contribution in [0.5, 0.6) is 11.5 Å². The monoisotopic (exact) mass is 1000 g/mol. The van der Waals surface area contributed by atoms with Crippen molar-refractivity contribution in [2.24, 2.45) is 11.8 Å². The van der Waals surface area contributed by atoms with Crippen molar-refractivity contribution in [2.45, 2.75) is 144 Å². The minimum atomic E-state index is -0.313. The molecule has 0 radical (unpaired) electrons. The van der Waals surface area contributed by atoms with Gasteiger partial charge in [-0.1, -0.05) is 111 Å². The molecule has 0 amide bonds. The summed E-state index contributed by atoms with van der Waals surface area (Å²) in [6, 6.07) is 19.5. The number of esters is 1. The van der Waals surface area contributed by atoms with E-state index in [0.717, 1.165) is 70.9 Å². The van der Waals surface area contributed by atoms with Crippen LogP contribution in [0.15, 0.2) is 54.6 Å². The van der Waals surface area contributed by atoms with Gasteiger partial charge in [0, 0.05) is 49.5 Å². The van der Waals surface area contributed by atoms with Gasteiger partial charge in [0.25, 0.3) is 0 Å². The zero-order valence-electron chi connectivity index (χ0n) is 40.1. The second-order valence-electron chi connectivity index (χ2n) is 17.7. The number of benzene rings is 1. The molecule has 12 heteroatoms. The Morgan fingerprint density at radius 3 is 1.71 bits per heavy atom. The van der Waals surface area contributed by atoms with Crippen LogP contribution in [-0.2, 0) is 4.74 Å². The highest BCUT2D eigenvalue weighted by molar-refractivity contribution is 7.30. The van der Waals surface area contributed by atoms with Crippen molar-refractivity contribution in [1.29, 1.82) is 0 Å². The first-order chi connectivity index (χ1) is 32.3. The number of methoxy groups -OCH3 is 1.